The van der Waals surface area contributed by atoms with Crippen molar-refractivity contribution in [3.63, 3.8) is 0 Å². The molecule has 0 aromatic rings. The summed E-state index contributed by atoms with van der Waals surface area (Å²) < 4.78 is 0. The molecule has 1 N–H and O–H groups in total. The van der Waals surface area contributed by atoms with Crippen molar-refractivity contribution >= 4 is 23.8 Å². The van der Waals surface area contributed by atoms with Crippen LogP contribution < -0.4 is 0 Å². The molecule has 7 nitrogen and oxygen atoms in total. The maximum atomic E-state index is 11.9. The average molecular weight is 254 g/mol. The molecule has 98 valence electrons. The minimum Gasteiger partial charge on any atom is -0.481 e. The predicted molar refractivity (Wildman–Crippen MR) is 60.4 cm³/mol. The number of carbonyl (C=O) groups is 4. The number of urea groups is 1. The van der Waals surface area contributed by atoms with Gasteiger partial charge in [0.25, 0.3) is 0 Å². The summed E-state index contributed by atoms with van der Waals surface area (Å²) in [7, 11) is 1.26. The van der Waals surface area contributed by atoms with E-state index in [-0.39, 0.29) is 19.4 Å². The highest BCUT2D eigenvalue weighted by Gasteiger charge is 2.43. The normalized spacial score (nSPS) is 20.3. The summed E-state index contributed by atoms with van der Waals surface area (Å²) in [5.74, 6) is -3.52. The number of hydrogen-bond donors (Lipinski definition) is 1. The van der Waals surface area contributed by atoms with Crippen LogP contribution in [0.25, 0.3) is 0 Å². The van der Waals surface area contributed by atoms with Crippen LogP contribution in [0.2, 0.25) is 0 Å². The smallest absolute Gasteiger partial charge is 0.333 e. The first kappa shape index (κ1) is 13.9. The standard InChI is InChI=1S/C11H14N2O5/c1-3-6-13-10(17)7(4-5-8(14)15)9(16)12(2)11(13)18/h3,7H,1,4-6H2,2H3,(H,14,15). The number of carbonyl (C=O) groups excluding carboxylic acids is 3. The number of aliphatic carboxylic acids is 1. The molecule has 0 radical (unpaired) electrons. The van der Waals surface area contributed by atoms with Crippen molar-refractivity contribution in [3.8, 4) is 0 Å². The summed E-state index contributed by atoms with van der Waals surface area (Å²) in [6.45, 7) is 3.42. The van der Waals surface area contributed by atoms with Crippen LogP contribution in [0.5, 0.6) is 0 Å². The van der Waals surface area contributed by atoms with E-state index >= 15 is 0 Å². The van der Waals surface area contributed by atoms with E-state index in [4.69, 9.17) is 5.11 Å². The topological polar surface area (TPSA) is 95.0 Å². The molecule has 1 aliphatic rings. The second-order valence-electron chi connectivity index (χ2n) is 3.90. The fourth-order valence-electron chi connectivity index (χ4n) is 1.71. The molecule has 1 saturated heterocycles. The van der Waals surface area contributed by atoms with Gasteiger partial charge in [-0.2, -0.15) is 0 Å². The van der Waals surface area contributed by atoms with Crippen LogP contribution in [0.4, 0.5) is 4.79 Å². The average Bonchev–Trinajstić information content (AvgIpc) is 2.31. The summed E-state index contributed by atoms with van der Waals surface area (Å²) >= 11 is 0. The van der Waals surface area contributed by atoms with Crippen molar-refractivity contribution in [1.82, 2.24) is 9.80 Å². The molecule has 7 heteroatoms. The summed E-state index contributed by atoms with van der Waals surface area (Å²) in [6.07, 6.45) is 0.956. The second kappa shape index (κ2) is 5.44. The first-order chi connectivity index (χ1) is 8.40. The maximum Gasteiger partial charge on any atom is 0.333 e. The molecule has 0 aromatic carbocycles. The highest BCUT2D eigenvalue weighted by atomic mass is 16.4. The van der Waals surface area contributed by atoms with Crippen molar-refractivity contribution in [2.75, 3.05) is 13.6 Å². The van der Waals surface area contributed by atoms with E-state index in [1.54, 1.807) is 0 Å². The van der Waals surface area contributed by atoms with Gasteiger partial charge in [-0.1, -0.05) is 6.08 Å². The lowest BCUT2D eigenvalue weighted by Crippen LogP contribution is -2.58. The van der Waals surface area contributed by atoms with Crippen molar-refractivity contribution in [3.05, 3.63) is 12.7 Å². The van der Waals surface area contributed by atoms with Gasteiger partial charge in [0.2, 0.25) is 11.8 Å². The number of carboxylic acid groups (broad SMARTS) is 1. The number of imide groups is 2. The monoisotopic (exact) mass is 254 g/mol. The van der Waals surface area contributed by atoms with Crippen LogP contribution >= 0.6 is 0 Å². The summed E-state index contributed by atoms with van der Waals surface area (Å²) in [6, 6.07) is -0.712. The lowest BCUT2D eigenvalue weighted by molar-refractivity contribution is -0.148. The first-order valence-corrected chi connectivity index (χ1v) is 5.35. The minimum atomic E-state index is -1.11. The fourth-order valence-corrected chi connectivity index (χ4v) is 1.71. The molecular weight excluding hydrogens is 240 g/mol. The van der Waals surface area contributed by atoms with Gasteiger partial charge in [0.05, 0.1) is 0 Å². The Bertz CT molecular complexity index is 418. The zero-order chi connectivity index (χ0) is 13.9. The molecule has 1 fully saturated rings. The van der Waals surface area contributed by atoms with Crippen LogP contribution in [0.3, 0.4) is 0 Å². The van der Waals surface area contributed by atoms with Gasteiger partial charge in [0.1, 0.15) is 5.92 Å². The van der Waals surface area contributed by atoms with E-state index in [1.165, 1.54) is 13.1 Å². The lowest BCUT2D eigenvalue weighted by atomic mass is 9.98. The Labute approximate surface area is 104 Å². The number of barbiturate groups is 1. The zero-order valence-corrected chi connectivity index (χ0v) is 9.96. The lowest BCUT2D eigenvalue weighted by Gasteiger charge is -2.34. The highest BCUT2D eigenvalue weighted by molar-refractivity contribution is 6.16. The van der Waals surface area contributed by atoms with Crippen molar-refractivity contribution in [1.29, 1.82) is 0 Å². The number of carboxylic acids is 1. The van der Waals surface area contributed by atoms with Crippen LogP contribution in [0.15, 0.2) is 12.7 Å². The number of amides is 4. The summed E-state index contributed by atoms with van der Waals surface area (Å²) in [5.41, 5.74) is 0. The minimum absolute atomic E-state index is 0.00113. The van der Waals surface area contributed by atoms with Crippen molar-refractivity contribution in [2.24, 2.45) is 5.92 Å². The molecule has 0 aromatic heterocycles. The molecule has 0 aliphatic carbocycles. The molecule has 0 saturated carbocycles. The number of rotatable bonds is 5. The van der Waals surface area contributed by atoms with Gasteiger partial charge in [-0.05, 0) is 6.42 Å². The molecule has 1 rings (SSSR count). The molecule has 4 amide bonds. The van der Waals surface area contributed by atoms with Crippen LogP contribution in [0.1, 0.15) is 12.8 Å². The van der Waals surface area contributed by atoms with Crippen molar-refractivity contribution in [2.45, 2.75) is 12.8 Å². The third-order valence-corrected chi connectivity index (χ3v) is 2.67. The summed E-state index contributed by atoms with van der Waals surface area (Å²) in [4.78, 5) is 47.5. The molecule has 1 aliphatic heterocycles. The molecule has 1 unspecified atom stereocenters. The van der Waals surface area contributed by atoms with Crippen LogP contribution in [0, 0.1) is 5.92 Å². The number of nitrogens with zero attached hydrogens (tertiary/aromatic N) is 2. The van der Waals surface area contributed by atoms with Gasteiger partial charge in [-0.3, -0.25) is 24.2 Å². The van der Waals surface area contributed by atoms with Gasteiger partial charge in [-0.25, -0.2) is 4.79 Å². The van der Waals surface area contributed by atoms with Gasteiger partial charge >= 0.3 is 12.0 Å². The number of hydrogen-bond acceptors (Lipinski definition) is 4. The summed E-state index contributed by atoms with van der Waals surface area (Å²) in [5, 5.41) is 8.57. The van der Waals surface area contributed by atoms with Gasteiger partial charge in [0.15, 0.2) is 0 Å². The van der Waals surface area contributed by atoms with E-state index in [2.05, 4.69) is 6.58 Å². The maximum absolute atomic E-state index is 11.9. The highest BCUT2D eigenvalue weighted by Crippen LogP contribution is 2.20. The molecule has 1 heterocycles. The Morgan fingerprint density at radius 3 is 2.50 bits per heavy atom. The van der Waals surface area contributed by atoms with Gasteiger partial charge in [-0.15, -0.1) is 6.58 Å². The third kappa shape index (κ3) is 2.55. The second-order valence-corrected chi connectivity index (χ2v) is 3.90. The van der Waals surface area contributed by atoms with E-state index in [0.29, 0.717) is 0 Å². The van der Waals surface area contributed by atoms with E-state index < -0.39 is 29.7 Å². The molecular formula is C11H14N2O5. The van der Waals surface area contributed by atoms with Gasteiger partial charge in [0, 0.05) is 20.0 Å². The van der Waals surface area contributed by atoms with Crippen LogP contribution in [-0.2, 0) is 14.4 Å². The molecule has 0 bridgehead atoms. The fraction of sp³-hybridized carbons (Fsp3) is 0.455. The Morgan fingerprint density at radius 1 is 1.39 bits per heavy atom. The Morgan fingerprint density at radius 2 is 2.00 bits per heavy atom. The van der Waals surface area contributed by atoms with Crippen molar-refractivity contribution < 1.29 is 24.3 Å². The quantitative estimate of drug-likeness (QED) is 0.553. The largest absolute Gasteiger partial charge is 0.481 e. The Kier molecular flexibility index (Phi) is 4.19. The van der Waals surface area contributed by atoms with E-state index in [9.17, 15) is 19.2 Å². The molecule has 1 atom stereocenters. The Balaban J connectivity index is 2.91. The van der Waals surface area contributed by atoms with Crippen LogP contribution in [-0.4, -0.2) is 52.3 Å². The Hall–Kier alpha value is -2.18. The van der Waals surface area contributed by atoms with E-state index in [0.717, 1.165) is 9.80 Å². The van der Waals surface area contributed by atoms with E-state index in [1.807, 2.05) is 0 Å². The SMILES string of the molecule is C=CCN1C(=O)C(CCC(=O)O)C(=O)N(C)C1=O. The third-order valence-electron chi connectivity index (χ3n) is 2.67. The first-order valence-electron chi connectivity index (χ1n) is 5.35. The molecule has 0 spiro atoms. The predicted octanol–water partition coefficient (Wildman–Crippen LogP) is 0.0740. The zero-order valence-electron chi connectivity index (χ0n) is 9.96. The molecule has 18 heavy (non-hydrogen) atoms. The van der Waals surface area contributed by atoms with Gasteiger partial charge < -0.3 is 5.11 Å².